The van der Waals surface area contributed by atoms with Crippen LogP contribution in [0, 0.1) is 5.82 Å². The van der Waals surface area contributed by atoms with Crippen LogP contribution in [-0.4, -0.2) is 21.1 Å². The highest BCUT2D eigenvalue weighted by atomic mass is 19.1. The molecule has 21 heavy (non-hydrogen) atoms. The number of hydrogen-bond acceptors (Lipinski definition) is 3. The number of halogens is 1. The third kappa shape index (κ3) is 4.11. The molecule has 0 saturated heterocycles. The van der Waals surface area contributed by atoms with Gasteiger partial charge in [-0.1, -0.05) is 26.0 Å². The lowest BCUT2D eigenvalue weighted by Gasteiger charge is -2.17. The second kappa shape index (κ2) is 6.97. The van der Waals surface area contributed by atoms with Crippen molar-refractivity contribution in [2.45, 2.75) is 38.6 Å². The fourth-order valence-corrected chi connectivity index (χ4v) is 2.19. The number of H-pyrrole nitrogens is 1. The molecule has 0 spiro atoms. The van der Waals surface area contributed by atoms with E-state index in [9.17, 15) is 9.18 Å². The molecule has 1 amide bonds. The van der Waals surface area contributed by atoms with Gasteiger partial charge in [0.1, 0.15) is 18.0 Å². The lowest BCUT2D eigenvalue weighted by molar-refractivity contribution is -0.122. The number of nitrogens with one attached hydrogen (secondary N) is 2. The number of aromatic nitrogens is 3. The molecule has 5 nitrogen and oxygen atoms in total. The summed E-state index contributed by atoms with van der Waals surface area (Å²) in [7, 11) is 0. The quantitative estimate of drug-likeness (QED) is 0.859. The van der Waals surface area contributed by atoms with Gasteiger partial charge in [0, 0.05) is 6.42 Å². The molecule has 1 aromatic carbocycles. The van der Waals surface area contributed by atoms with Gasteiger partial charge in [-0.05, 0) is 30.0 Å². The number of carbonyl (C=O) groups excluding carboxylic acids is 1. The van der Waals surface area contributed by atoms with E-state index in [0.29, 0.717) is 12.2 Å². The maximum absolute atomic E-state index is 12.9. The van der Waals surface area contributed by atoms with Gasteiger partial charge in [0.05, 0.1) is 6.04 Å². The Bertz CT molecular complexity index is 568. The van der Waals surface area contributed by atoms with Crippen molar-refractivity contribution in [2.75, 3.05) is 0 Å². The Morgan fingerprint density at radius 3 is 2.67 bits per heavy atom. The van der Waals surface area contributed by atoms with Gasteiger partial charge in [-0.3, -0.25) is 9.89 Å². The fourth-order valence-electron chi connectivity index (χ4n) is 2.19. The van der Waals surface area contributed by atoms with E-state index < -0.39 is 0 Å². The van der Waals surface area contributed by atoms with Crippen LogP contribution in [0.3, 0.4) is 0 Å². The molecule has 0 radical (unpaired) electrons. The van der Waals surface area contributed by atoms with Crippen molar-refractivity contribution in [3.8, 4) is 0 Å². The summed E-state index contributed by atoms with van der Waals surface area (Å²) in [6.07, 6.45) is 2.49. The molecular weight excluding hydrogens is 271 g/mol. The number of hydrogen-bond donors (Lipinski definition) is 2. The van der Waals surface area contributed by atoms with Gasteiger partial charge in [-0.25, -0.2) is 9.37 Å². The lowest BCUT2D eigenvalue weighted by atomic mass is 9.97. The van der Waals surface area contributed by atoms with Gasteiger partial charge in [-0.2, -0.15) is 5.10 Å². The normalized spacial score (nSPS) is 13.7. The molecule has 2 N–H and O–H groups in total. The molecule has 0 saturated carbocycles. The summed E-state index contributed by atoms with van der Waals surface area (Å²) in [5.41, 5.74) is 0.944. The number of nitrogens with zero attached hydrogens (tertiary/aromatic N) is 2. The standard InChI is InChI=1S/C15H19FN4O/c1-3-13(15-17-9-18-20-15)19-14(21)8-10(2)11-4-6-12(16)7-5-11/h4-7,9-10,13H,3,8H2,1-2H3,(H,19,21)(H,17,18,20). The van der Waals surface area contributed by atoms with Crippen LogP contribution in [0.4, 0.5) is 4.39 Å². The first kappa shape index (κ1) is 15.2. The predicted molar refractivity (Wildman–Crippen MR) is 77.0 cm³/mol. The van der Waals surface area contributed by atoms with Crippen LogP contribution in [-0.2, 0) is 4.79 Å². The van der Waals surface area contributed by atoms with Crippen LogP contribution >= 0.6 is 0 Å². The van der Waals surface area contributed by atoms with E-state index in [4.69, 9.17) is 0 Å². The molecule has 0 aliphatic carbocycles. The van der Waals surface area contributed by atoms with Gasteiger partial charge in [-0.15, -0.1) is 0 Å². The fraction of sp³-hybridized carbons (Fsp3) is 0.400. The molecule has 1 heterocycles. The molecule has 0 aliphatic rings. The zero-order chi connectivity index (χ0) is 15.2. The van der Waals surface area contributed by atoms with Gasteiger partial charge in [0.2, 0.25) is 5.91 Å². The third-order valence-corrected chi connectivity index (χ3v) is 3.44. The minimum atomic E-state index is -0.272. The van der Waals surface area contributed by atoms with E-state index in [2.05, 4.69) is 20.5 Å². The smallest absolute Gasteiger partial charge is 0.221 e. The Hall–Kier alpha value is -2.24. The predicted octanol–water partition coefficient (Wildman–Crippen LogP) is 2.70. The highest BCUT2D eigenvalue weighted by molar-refractivity contribution is 5.77. The molecule has 6 heteroatoms. The summed E-state index contributed by atoms with van der Waals surface area (Å²) >= 11 is 0. The molecule has 0 bridgehead atoms. The minimum absolute atomic E-state index is 0.0258. The van der Waals surface area contributed by atoms with E-state index in [1.54, 1.807) is 12.1 Å². The van der Waals surface area contributed by atoms with Gasteiger partial charge < -0.3 is 5.32 Å². The molecule has 2 rings (SSSR count). The lowest BCUT2D eigenvalue weighted by Crippen LogP contribution is -2.29. The maximum Gasteiger partial charge on any atom is 0.221 e. The first-order valence-electron chi connectivity index (χ1n) is 7.00. The summed E-state index contributed by atoms with van der Waals surface area (Å²) in [5, 5.41) is 9.49. The van der Waals surface area contributed by atoms with Crippen LogP contribution in [0.2, 0.25) is 0 Å². The molecule has 0 fully saturated rings. The minimum Gasteiger partial charge on any atom is -0.346 e. The number of benzene rings is 1. The molecule has 2 unspecified atom stereocenters. The van der Waals surface area contributed by atoms with Crippen molar-refractivity contribution >= 4 is 5.91 Å². The van der Waals surface area contributed by atoms with Crippen LogP contribution < -0.4 is 5.32 Å². The number of amides is 1. The van der Waals surface area contributed by atoms with Gasteiger partial charge in [0.15, 0.2) is 0 Å². The van der Waals surface area contributed by atoms with Crippen molar-refractivity contribution in [3.05, 3.63) is 47.8 Å². The van der Waals surface area contributed by atoms with Crippen molar-refractivity contribution in [1.29, 1.82) is 0 Å². The van der Waals surface area contributed by atoms with Crippen molar-refractivity contribution in [2.24, 2.45) is 0 Å². The monoisotopic (exact) mass is 290 g/mol. The molecule has 0 aliphatic heterocycles. The molecule has 1 aromatic heterocycles. The van der Waals surface area contributed by atoms with E-state index in [-0.39, 0.29) is 23.7 Å². The zero-order valence-electron chi connectivity index (χ0n) is 12.1. The van der Waals surface area contributed by atoms with E-state index in [0.717, 1.165) is 12.0 Å². The van der Waals surface area contributed by atoms with E-state index in [1.807, 2.05) is 13.8 Å². The Labute approximate surface area is 123 Å². The van der Waals surface area contributed by atoms with Gasteiger partial charge >= 0.3 is 0 Å². The summed E-state index contributed by atoms with van der Waals surface area (Å²) in [6, 6.07) is 6.07. The van der Waals surface area contributed by atoms with Crippen molar-refractivity contribution < 1.29 is 9.18 Å². The number of aromatic amines is 1. The van der Waals surface area contributed by atoms with Crippen molar-refractivity contribution in [3.63, 3.8) is 0 Å². The molecule has 2 atom stereocenters. The topological polar surface area (TPSA) is 70.7 Å². The largest absolute Gasteiger partial charge is 0.346 e. The highest BCUT2D eigenvalue weighted by Crippen LogP contribution is 2.20. The Morgan fingerprint density at radius 1 is 1.38 bits per heavy atom. The first-order valence-corrected chi connectivity index (χ1v) is 7.00. The van der Waals surface area contributed by atoms with Crippen LogP contribution in [0.25, 0.3) is 0 Å². The summed E-state index contributed by atoms with van der Waals surface area (Å²) < 4.78 is 12.9. The Balaban J connectivity index is 1.93. The Morgan fingerprint density at radius 2 is 2.10 bits per heavy atom. The van der Waals surface area contributed by atoms with Crippen LogP contribution in [0.15, 0.2) is 30.6 Å². The second-order valence-corrected chi connectivity index (χ2v) is 5.06. The molecular formula is C15H19FN4O. The summed E-state index contributed by atoms with van der Waals surface area (Å²) in [5.74, 6) is 0.347. The second-order valence-electron chi connectivity index (χ2n) is 5.06. The SMILES string of the molecule is CCC(NC(=O)CC(C)c1ccc(F)cc1)c1ncn[nH]1. The Kier molecular flexibility index (Phi) is 5.03. The van der Waals surface area contributed by atoms with Crippen molar-refractivity contribution in [1.82, 2.24) is 20.5 Å². The van der Waals surface area contributed by atoms with Crippen LogP contribution in [0.5, 0.6) is 0 Å². The summed E-state index contributed by atoms with van der Waals surface area (Å²) in [6.45, 7) is 3.92. The van der Waals surface area contributed by atoms with Gasteiger partial charge in [0.25, 0.3) is 0 Å². The highest BCUT2D eigenvalue weighted by Gasteiger charge is 2.17. The zero-order valence-corrected chi connectivity index (χ0v) is 12.1. The first-order chi connectivity index (χ1) is 10.1. The molecule has 112 valence electrons. The third-order valence-electron chi connectivity index (χ3n) is 3.44. The summed E-state index contributed by atoms with van der Waals surface area (Å²) in [4.78, 5) is 16.2. The van der Waals surface area contributed by atoms with E-state index in [1.165, 1.54) is 18.5 Å². The van der Waals surface area contributed by atoms with Crippen LogP contribution in [0.1, 0.15) is 50.0 Å². The number of carbonyl (C=O) groups is 1. The average molecular weight is 290 g/mol. The van der Waals surface area contributed by atoms with E-state index >= 15 is 0 Å². The average Bonchev–Trinajstić information content (AvgIpc) is 2.99. The number of rotatable bonds is 6. The maximum atomic E-state index is 12.9. The molecule has 2 aromatic rings.